The molecule has 20 heavy (non-hydrogen) atoms. The number of quaternary nitrogens is 1. The van der Waals surface area contributed by atoms with Gasteiger partial charge < -0.3 is 15.5 Å². The summed E-state index contributed by atoms with van der Waals surface area (Å²) >= 11 is 5.93. The third kappa shape index (κ3) is 5.59. The van der Waals surface area contributed by atoms with Crippen molar-refractivity contribution in [1.82, 2.24) is 10.2 Å². The van der Waals surface area contributed by atoms with Crippen molar-refractivity contribution in [3.63, 3.8) is 0 Å². The number of nitrogens with one attached hydrogen (secondary N) is 1. The van der Waals surface area contributed by atoms with Crippen molar-refractivity contribution in [2.45, 2.75) is 13.0 Å². The van der Waals surface area contributed by atoms with Crippen LogP contribution in [0.5, 0.6) is 0 Å². The Hall–Kier alpha value is -1.59. The molecule has 0 aliphatic rings. The Bertz CT molecular complexity index is 477. The van der Waals surface area contributed by atoms with Gasteiger partial charge in [0.25, 0.3) is 5.91 Å². The Balaban J connectivity index is 2.35. The zero-order chi connectivity index (χ0) is 15.1. The number of carbonyl (C=O) groups is 2. The molecule has 1 aromatic rings. The standard InChI is InChI=1S/C14H20ClN3O2/c1-10(11-5-4-6-12(15)7-11)16-8-13(19)17-9-14(20)18(2)3/h4-7,10,16H,8-9H2,1-3H3,(H,17,19)/p+1/t10-/m1/s1. The zero-order valence-electron chi connectivity index (χ0n) is 12.0. The highest BCUT2D eigenvalue weighted by molar-refractivity contribution is 6.30. The van der Waals surface area contributed by atoms with Crippen LogP contribution in [0, 0.1) is 0 Å². The molecule has 0 radical (unpaired) electrons. The largest absolute Gasteiger partial charge is 0.347 e. The number of nitrogens with two attached hydrogens (primary N) is 1. The van der Waals surface area contributed by atoms with Gasteiger partial charge >= 0.3 is 0 Å². The molecule has 0 aliphatic heterocycles. The van der Waals surface area contributed by atoms with Gasteiger partial charge in [0, 0.05) is 24.7 Å². The number of benzene rings is 1. The van der Waals surface area contributed by atoms with Gasteiger partial charge in [-0.05, 0) is 19.1 Å². The van der Waals surface area contributed by atoms with Crippen LogP contribution in [-0.2, 0) is 9.59 Å². The maximum Gasteiger partial charge on any atom is 0.275 e. The van der Waals surface area contributed by atoms with E-state index in [9.17, 15) is 9.59 Å². The average molecular weight is 299 g/mol. The molecule has 1 rings (SSSR count). The summed E-state index contributed by atoms with van der Waals surface area (Å²) in [6.07, 6.45) is 0. The van der Waals surface area contributed by atoms with E-state index in [1.54, 1.807) is 14.1 Å². The predicted octanol–water partition coefficient (Wildman–Crippen LogP) is 0.169. The van der Waals surface area contributed by atoms with Gasteiger partial charge in [0.15, 0.2) is 6.54 Å². The fourth-order valence-electron chi connectivity index (χ4n) is 1.61. The van der Waals surface area contributed by atoms with Crippen molar-refractivity contribution in [2.75, 3.05) is 27.2 Å². The van der Waals surface area contributed by atoms with Crippen molar-refractivity contribution >= 4 is 23.4 Å². The van der Waals surface area contributed by atoms with Gasteiger partial charge in [-0.15, -0.1) is 0 Å². The smallest absolute Gasteiger partial charge is 0.275 e. The fourth-order valence-corrected chi connectivity index (χ4v) is 1.81. The van der Waals surface area contributed by atoms with Crippen molar-refractivity contribution in [2.24, 2.45) is 0 Å². The normalized spacial score (nSPS) is 11.8. The van der Waals surface area contributed by atoms with Gasteiger partial charge in [-0.3, -0.25) is 9.59 Å². The lowest BCUT2D eigenvalue weighted by molar-refractivity contribution is -0.682. The second kappa shape index (κ2) is 7.87. The molecule has 0 fully saturated rings. The summed E-state index contributed by atoms with van der Waals surface area (Å²) in [5.41, 5.74) is 1.06. The van der Waals surface area contributed by atoms with Crippen LogP contribution in [-0.4, -0.2) is 43.9 Å². The summed E-state index contributed by atoms with van der Waals surface area (Å²) in [6.45, 7) is 2.31. The molecule has 1 aromatic carbocycles. The molecule has 0 aliphatic carbocycles. The second-order valence-electron chi connectivity index (χ2n) is 4.85. The lowest BCUT2D eigenvalue weighted by Gasteiger charge is -2.13. The summed E-state index contributed by atoms with van der Waals surface area (Å²) in [5.74, 6) is -0.282. The van der Waals surface area contributed by atoms with Gasteiger partial charge in [-0.1, -0.05) is 23.7 Å². The van der Waals surface area contributed by atoms with Crippen LogP contribution in [0.3, 0.4) is 0 Å². The van der Waals surface area contributed by atoms with E-state index >= 15 is 0 Å². The second-order valence-corrected chi connectivity index (χ2v) is 5.28. The molecule has 0 saturated carbocycles. The number of nitrogens with zero attached hydrogens (tertiary/aromatic N) is 1. The molecule has 0 heterocycles. The molecule has 2 amide bonds. The lowest BCUT2D eigenvalue weighted by Crippen LogP contribution is -2.87. The highest BCUT2D eigenvalue weighted by Crippen LogP contribution is 2.14. The van der Waals surface area contributed by atoms with Crippen LogP contribution >= 0.6 is 11.6 Å². The van der Waals surface area contributed by atoms with Crippen LogP contribution in [0.1, 0.15) is 18.5 Å². The number of carbonyl (C=O) groups excluding carboxylic acids is 2. The maximum absolute atomic E-state index is 11.6. The van der Waals surface area contributed by atoms with Crippen LogP contribution in [0.25, 0.3) is 0 Å². The molecular formula is C14H21ClN3O2+. The first-order valence-electron chi connectivity index (χ1n) is 6.45. The van der Waals surface area contributed by atoms with Crippen LogP contribution < -0.4 is 10.6 Å². The maximum atomic E-state index is 11.6. The van der Waals surface area contributed by atoms with Crippen LogP contribution in [0.15, 0.2) is 24.3 Å². The summed E-state index contributed by atoms with van der Waals surface area (Å²) < 4.78 is 0. The summed E-state index contributed by atoms with van der Waals surface area (Å²) in [7, 11) is 3.31. The van der Waals surface area contributed by atoms with E-state index in [0.29, 0.717) is 5.02 Å². The summed E-state index contributed by atoms with van der Waals surface area (Å²) in [4.78, 5) is 24.4. The number of rotatable bonds is 6. The monoisotopic (exact) mass is 298 g/mol. The first-order chi connectivity index (χ1) is 9.40. The highest BCUT2D eigenvalue weighted by atomic mass is 35.5. The number of halogens is 1. The SMILES string of the molecule is C[C@@H]([NH2+]CC(=O)NCC(=O)N(C)C)c1cccc(Cl)c1. The number of amides is 2. The van der Waals surface area contributed by atoms with Gasteiger partial charge in [0.05, 0.1) is 6.54 Å². The Labute approximate surface area is 124 Å². The minimum atomic E-state index is -0.158. The molecule has 1 atom stereocenters. The molecule has 110 valence electrons. The van der Waals surface area contributed by atoms with Gasteiger partial charge in [-0.2, -0.15) is 0 Å². The van der Waals surface area contributed by atoms with Gasteiger partial charge in [-0.25, -0.2) is 0 Å². The minimum Gasteiger partial charge on any atom is -0.347 e. The minimum absolute atomic E-state index is 0.0330. The number of hydrogen-bond donors (Lipinski definition) is 2. The number of hydrogen-bond acceptors (Lipinski definition) is 2. The number of likely N-dealkylation sites (N-methyl/N-ethyl adjacent to an activating group) is 1. The van der Waals surface area contributed by atoms with E-state index in [1.165, 1.54) is 4.90 Å². The topological polar surface area (TPSA) is 66.0 Å². The Morgan fingerprint density at radius 2 is 2.10 bits per heavy atom. The van der Waals surface area contributed by atoms with Gasteiger partial charge in [0.2, 0.25) is 5.91 Å². The lowest BCUT2D eigenvalue weighted by atomic mass is 10.1. The third-order valence-corrected chi connectivity index (χ3v) is 3.20. The summed E-state index contributed by atoms with van der Waals surface area (Å²) in [5, 5.41) is 5.18. The predicted molar refractivity (Wildman–Crippen MR) is 78.4 cm³/mol. The van der Waals surface area contributed by atoms with Crippen LogP contribution in [0.4, 0.5) is 0 Å². The molecule has 6 heteroatoms. The average Bonchev–Trinajstić information content (AvgIpc) is 2.41. The highest BCUT2D eigenvalue weighted by Gasteiger charge is 2.12. The third-order valence-electron chi connectivity index (χ3n) is 2.97. The first-order valence-corrected chi connectivity index (χ1v) is 6.83. The Kier molecular flexibility index (Phi) is 6.48. The molecule has 0 aromatic heterocycles. The molecule has 0 unspecified atom stereocenters. The van der Waals surface area contributed by atoms with E-state index in [2.05, 4.69) is 5.32 Å². The van der Waals surface area contributed by atoms with E-state index in [0.717, 1.165) is 5.56 Å². The molecule has 0 saturated heterocycles. The molecule has 0 bridgehead atoms. The molecular weight excluding hydrogens is 278 g/mol. The van der Waals surface area contributed by atoms with Crippen LogP contribution in [0.2, 0.25) is 5.02 Å². The molecule has 5 nitrogen and oxygen atoms in total. The van der Waals surface area contributed by atoms with Gasteiger partial charge in [0.1, 0.15) is 6.04 Å². The van der Waals surface area contributed by atoms with Crippen molar-refractivity contribution in [3.05, 3.63) is 34.9 Å². The van der Waals surface area contributed by atoms with E-state index in [-0.39, 0.29) is 30.9 Å². The van der Waals surface area contributed by atoms with Crippen molar-refractivity contribution in [3.8, 4) is 0 Å². The molecule has 3 N–H and O–H groups in total. The Morgan fingerprint density at radius 1 is 1.40 bits per heavy atom. The van der Waals surface area contributed by atoms with E-state index < -0.39 is 0 Å². The van der Waals surface area contributed by atoms with E-state index in [4.69, 9.17) is 11.6 Å². The molecule has 0 spiro atoms. The quantitative estimate of drug-likeness (QED) is 0.786. The van der Waals surface area contributed by atoms with Crippen molar-refractivity contribution in [1.29, 1.82) is 0 Å². The zero-order valence-corrected chi connectivity index (χ0v) is 12.8. The first kappa shape index (κ1) is 16.5. The fraction of sp³-hybridized carbons (Fsp3) is 0.429. The Morgan fingerprint density at radius 3 is 2.70 bits per heavy atom. The summed E-state index contributed by atoms with van der Waals surface area (Å²) in [6, 6.07) is 7.69. The van der Waals surface area contributed by atoms with Crippen molar-refractivity contribution < 1.29 is 14.9 Å². The van der Waals surface area contributed by atoms with E-state index in [1.807, 2.05) is 36.5 Å².